The van der Waals surface area contributed by atoms with Crippen LogP contribution < -0.4 is 0 Å². The molecule has 1 saturated heterocycles. The van der Waals surface area contributed by atoms with Crippen LogP contribution in [0.15, 0.2) is 12.7 Å². The van der Waals surface area contributed by atoms with Gasteiger partial charge in [-0.15, -0.1) is 6.58 Å². The third-order valence-corrected chi connectivity index (χ3v) is 4.15. The number of carbonyl (C=O) groups is 2. The summed E-state index contributed by atoms with van der Waals surface area (Å²) in [4.78, 5) is 25.7. The minimum atomic E-state index is -3.43. The van der Waals surface area contributed by atoms with Gasteiger partial charge in [0.2, 0.25) is 22.3 Å². The SMILES string of the molecule is C=CCN(CC(=O)N1CCN(C=O)CC1)S(C)(=O)=O. The Balaban J connectivity index is 2.58. The molecule has 0 aromatic rings. The molecule has 8 heteroatoms. The molecule has 0 N–H and O–H groups in total. The topological polar surface area (TPSA) is 78.0 Å². The lowest BCUT2D eigenvalue weighted by Crippen LogP contribution is -2.51. The minimum Gasteiger partial charge on any atom is -0.342 e. The predicted octanol–water partition coefficient (Wildman–Crippen LogP) is -1.27. The van der Waals surface area contributed by atoms with Crippen molar-refractivity contribution in [2.24, 2.45) is 0 Å². The molecule has 0 bridgehead atoms. The molecule has 0 spiro atoms. The molecule has 2 amide bonds. The minimum absolute atomic E-state index is 0.110. The molecule has 1 aliphatic heterocycles. The van der Waals surface area contributed by atoms with Crippen LogP contribution in [0.4, 0.5) is 0 Å². The van der Waals surface area contributed by atoms with Crippen LogP contribution in [0.1, 0.15) is 0 Å². The van der Waals surface area contributed by atoms with E-state index in [0.29, 0.717) is 26.2 Å². The van der Waals surface area contributed by atoms with Crippen molar-refractivity contribution in [3.8, 4) is 0 Å². The Kier molecular flexibility index (Phi) is 5.49. The fourth-order valence-corrected chi connectivity index (χ4v) is 2.51. The summed E-state index contributed by atoms with van der Waals surface area (Å²) in [5, 5.41) is 0. The highest BCUT2D eigenvalue weighted by molar-refractivity contribution is 7.88. The van der Waals surface area contributed by atoms with Crippen molar-refractivity contribution in [1.29, 1.82) is 0 Å². The van der Waals surface area contributed by atoms with Gasteiger partial charge in [-0.25, -0.2) is 8.42 Å². The molecule has 0 unspecified atom stereocenters. The summed E-state index contributed by atoms with van der Waals surface area (Å²) in [5.74, 6) is -0.252. The molecule has 0 aliphatic carbocycles. The van der Waals surface area contributed by atoms with Crippen LogP contribution in [-0.2, 0) is 19.6 Å². The van der Waals surface area contributed by atoms with Crippen LogP contribution in [0.5, 0.6) is 0 Å². The molecule has 0 atom stereocenters. The van der Waals surface area contributed by atoms with E-state index in [1.807, 2.05) is 0 Å². The van der Waals surface area contributed by atoms with Gasteiger partial charge in [0.25, 0.3) is 0 Å². The summed E-state index contributed by atoms with van der Waals surface area (Å²) >= 11 is 0. The van der Waals surface area contributed by atoms with Crippen molar-refractivity contribution in [3.05, 3.63) is 12.7 Å². The molecule has 1 heterocycles. The molecule has 0 radical (unpaired) electrons. The molecule has 1 aliphatic rings. The Labute approximate surface area is 113 Å². The Hall–Kier alpha value is -1.41. The van der Waals surface area contributed by atoms with Gasteiger partial charge in [0.15, 0.2) is 0 Å². The first-order chi connectivity index (χ1) is 8.88. The van der Waals surface area contributed by atoms with E-state index in [0.717, 1.165) is 17.0 Å². The van der Waals surface area contributed by atoms with E-state index in [2.05, 4.69) is 6.58 Å². The first kappa shape index (κ1) is 15.6. The van der Waals surface area contributed by atoms with E-state index in [1.165, 1.54) is 6.08 Å². The fourth-order valence-electron chi connectivity index (χ4n) is 1.79. The second kappa shape index (κ2) is 6.67. The average Bonchev–Trinajstić information content (AvgIpc) is 2.37. The Bertz CT molecular complexity index is 441. The summed E-state index contributed by atoms with van der Waals surface area (Å²) in [6, 6.07) is 0. The van der Waals surface area contributed by atoms with E-state index in [1.54, 1.807) is 9.80 Å². The van der Waals surface area contributed by atoms with E-state index in [-0.39, 0.29) is 19.0 Å². The zero-order valence-electron chi connectivity index (χ0n) is 11.0. The zero-order chi connectivity index (χ0) is 14.5. The van der Waals surface area contributed by atoms with Crippen LogP contribution in [0.2, 0.25) is 0 Å². The number of carbonyl (C=O) groups excluding carboxylic acids is 2. The van der Waals surface area contributed by atoms with Gasteiger partial charge >= 0.3 is 0 Å². The van der Waals surface area contributed by atoms with Crippen molar-refractivity contribution in [1.82, 2.24) is 14.1 Å². The highest BCUT2D eigenvalue weighted by atomic mass is 32.2. The highest BCUT2D eigenvalue weighted by Gasteiger charge is 2.24. The van der Waals surface area contributed by atoms with Gasteiger partial charge in [0.1, 0.15) is 0 Å². The van der Waals surface area contributed by atoms with Gasteiger partial charge in [-0.05, 0) is 0 Å². The van der Waals surface area contributed by atoms with Gasteiger partial charge in [-0.1, -0.05) is 6.08 Å². The van der Waals surface area contributed by atoms with Crippen LogP contribution in [-0.4, -0.2) is 80.4 Å². The van der Waals surface area contributed by atoms with Crippen LogP contribution in [0.25, 0.3) is 0 Å². The normalized spacial score (nSPS) is 16.5. The van der Waals surface area contributed by atoms with E-state index in [9.17, 15) is 18.0 Å². The second-order valence-electron chi connectivity index (χ2n) is 4.37. The van der Waals surface area contributed by atoms with Gasteiger partial charge in [-0.2, -0.15) is 4.31 Å². The van der Waals surface area contributed by atoms with Gasteiger partial charge in [0.05, 0.1) is 12.8 Å². The number of amides is 2. The van der Waals surface area contributed by atoms with Crippen LogP contribution >= 0.6 is 0 Å². The van der Waals surface area contributed by atoms with Crippen molar-refractivity contribution in [2.45, 2.75) is 0 Å². The molecule has 0 aromatic carbocycles. The molecule has 0 saturated carbocycles. The second-order valence-corrected chi connectivity index (χ2v) is 6.35. The van der Waals surface area contributed by atoms with E-state index >= 15 is 0 Å². The summed E-state index contributed by atoms with van der Waals surface area (Å²) in [6.45, 7) is 5.23. The number of rotatable bonds is 6. The molecule has 108 valence electrons. The quantitative estimate of drug-likeness (QED) is 0.451. The average molecular weight is 289 g/mol. The van der Waals surface area contributed by atoms with Crippen molar-refractivity contribution >= 4 is 22.3 Å². The van der Waals surface area contributed by atoms with Crippen molar-refractivity contribution in [3.63, 3.8) is 0 Å². The maximum atomic E-state index is 12.0. The Morgan fingerprint density at radius 1 is 1.32 bits per heavy atom. The molecule has 0 aromatic heterocycles. The maximum Gasteiger partial charge on any atom is 0.238 e. The number of nitrogens with zero attached hydrogens (tertiary/aromatic N) is 3. The van der Waals surface area contributed by atoms with E-state index < -0.39 is 10.0 Å². The van der Waals surface area contributed by atoms with Crippen LogP contribution in [0, 0.1) is 0 Å². The van der Waals surface area contributed by atoms with E-state index in [4.69, 9.17) is 0 Å². The first-order valence-corrected chi connectivity index (χ1v) is 7.76. The van der Waals surface area contributed by atoms with Gasteiger partial charge in [0, 0.05) is 32.7 Å². The lowest BCUT2D eigenvalue weighted by atomic mass is 10.3. The van der Waals surface area contributed by atoms with Gasteiger partial charge in [-0.3, -0.25) is 9.59 Å². The summed E-state index contributed by atoms with van der Waals surface area (Å²) in [5.41, 5.74) is 0. The summed E-state index contributed by atoms with van der Waals surface area (Å²) in [6.07, 6.45) is 3.26. The monoisotopic (exact) mass is 289 g/mol. The zero-order valence-corrected chi connectivity index (χ0v) is 11.8. The first-order valence-electron chi connectivity index (χ1n) is 5.91. The number of sulfonamides is 1. The van der Waals surface area contributed by atoms with Gasteiger partial charge < -0.3 is 9.80 Å². The molecule has 1 rings (SSSR count). The lowest BCUT2D eigenvalue weighted by molar-refractivity contribution is -0.135. The number of hydrogen-bond donors (Lipinski definition) is 0. The van der Waals surface area contributed by atoms with Crippen molar-refractivity contribution < 1.29 is 18.0 Å². The van der Waals surface area contributed by atoms with Crippen molar-refractivity contribution in [2.75, 3.05) is 45.5 Å². The summed E-state index contributed by atoms with van der Waals surface area (Å²) < 4.78 is 24.1. The number of hydrogen-bond acceptors (Lipinski definition) is 4. The Morgan fingerprint density at radius 3 is 2.32 bits per heavy atom. The standard InChI is InChI=1S/C11H19N3O4S/c1-3-4-14(19(2,17)18)9-11(16)13-7-5-12(10-15)6-8-13/h3,10H,1,4-9H2,2H3. The smallest absolute Gasteiger partial charge is 0.238 e. The fraction of sp³-hybridized carbons (Fsp3) is 0.636. The molecule has 1 fully saturated rings. The van der Waals surface area contributed by atoms with Crippen LogP contribution in [0.3, 0.4) is 0 Å². The predicted molar refractivity (Wildman–Crippen MR) is 70.8 cm³/mol. The number of piperazine rings is 1. The Morgan fingerprint density at radius 2 is 1.89 bits per heavy atom. The third kappa shape index (κ3) is 4.64. The molecule has 19 heavy (non-hydrogen) atoms. The maximum absolute atomic E-state index is 12.0. The summed E-state index contributed by atoms with van der Waals surface area (Å²) in [7, 11) is -3.43. The molecule has 7 nitrogen and oxygen atoms in total. The lowest BCUT2D eigenvalue weighted by Gasteiger charge is -2.33. The largest absolute Gasteiger partial charge is 0.342 e. The molecular weight excluding hydrogens is 270 g/mol. The molecular formula is C11H19N3O4S. The highest BCUT2D eigenvalue weighted by Crippen LogP contribution is 2.04. The third-order valence-electron chi connectivity index (χ3n) is 2.93.